The van der Waals surface area contributed by atoms with E-state index in [9.17, 15) is 14.4 Å². The third-order valence-corrected chi connectivity index (χ3v) is 6.34. The molecule has 0 atom stereocenters. The number of rotatable bonds is 8. The maximum atomic E-state index is 13.3. The van der Waals surface area contributed by atoms with Crippen molar-refractivity contribution in [3.8, 4) is 0 Å². The summed E-state index contributed by atoms with van der Waals surface area (Å²) in [5, 5.41) is 3.66. The summed E-state index contributed by atoms with van der Waals surface area (Å²) in [5.74, 6) is -0.221. The Morgan fingerprint density at radius 2 is 1.89 bits per heavy atom. The fourth-order valence-electron chi connectivity index (χ4n) is 4.57. The number of H-pyrrole nitrogens is 1. The largest absolute Gasteiger partial charge is 0.380 e. The predicted octanol–water partition coefficient (Wildman–Crippen LogP) is 3.41. The van der Waals surface area contributed by atoms with E-state index in [0.29, 0.717) is 62.3 Å². The van der Waals surface area contributed by atoms with Gasteiger partial charge in [0, 0.05) is 54.8 Å². The number of likely N-dealkylation sites (tertiary alicyclic amines) is 1. The Labute approximate surface area is 204 Å². The second-order valence-corrected chi connectivity index (χ2v) is 8.91. The lowest BCUT2D eigenvalue weighted by molar-refractivity contribution is 0.0712. The van der Waals surface area contributed by atoms with Crippen molar-refractivity contribution < 1.29 is 14.3 Å². The monoisotopic (exact) mass is 476 g/mol. The zero-order valence-electron chi connectivity index (χ0n) is 20.3. The summed E-state index contributed by atoms with van der Waals surface area (Å²) in [6.45, 7) is 6.63. The van der Waals surface area contributed by atoms with E-state index in [1.165, 1.54) is 6.07 Å². The summed E-state index contributed by atoms with van der Waals surface area (Å²) in [7, 11) is 0. The summed E-state index contributed by atoms with van der Waals surface area (Å²) in [5.41, 5.74) is 3.00. The molecular weight excluding hydrogens is 444 g/mol. The molecule has 2 aromatic heterocycles. The average Bonchev–Trinajstić information content (AvgIpc) is 2.87. The van der Waals surface area contributed by atoms with E-state index in [1.54, 1.807) is 11.0 Å². The summed E-state index contributed by atoms with van der Waals surface area (Å²) >= 11 is 0. The Morgan fingerprint density at radius 1 is 1.11 bits per heavy atom. The summed E-state index contributed by atoms with van der Waals surface area (Å²) in [6.07, 6.45) is 2.34. The molecule has 3 aromatic rings. The lowest BCUT2D eigenvalue weighted by Gasteiger charge is -2.32. The van der Waals surface area contributed by atoms with Gasteiger partial charge in [-0.3, -0.25) is 19.4 Å². The van der Waals surface area contributed by atoms with Crippen molar-refractivity contribution >= 4 is 22.7 Å². The molecule has 0 bridgehead atoms. The zero-order valence-corrected chi connectivity index (χ0v) is 20.3. The highest BCUT2D eigenvalue weighted by Gasteiger charge is 2.29. The zero-order chi connectivity index (χ0) is 24.8. The quantitative estimate of drug-likeness (QED) is 0.485. The molecule has 4 rings (SSSR count). The molecule has 2 amide bonds. The van der Waals surface area contributed by atoms with Crippen molar-refractivity contribution in [2.24, 2.45) is 0 Å². The lowest BCUT2D eigenvalue weighted by atomic mass is 9.89. The van der Waals surface area contributed by atoms with Crippen LogP contribution in [-0.2, 0) is 4.74 Å². The number of nitrogens with one attached hydrogen (secondary N) is 2. The Bertz CT molecular complexity index is 1260. The molecule has 1 fully saturated rings. The van der Waals surface area contributed by atoms with E-state index < -0.39 is 0 Å². The van der Waals surface area contributed by atoms with Crippen LogP contribution in [0.4, 0.5) is 0 Å². The highest BCUT2D eigenvalue weighted by Crippen LogP contribution is 2.30. The van der Waals surface area contributed by atoms with E-state index in [0.717, 1.165) is 23.2 Å². The first-order valence-electron chi connectivity index (χ1n) is 12.2. The van der Waals surface area contributed by atoms with Crippen molar-refractivity contribution in [3.05, 3.63) is 75.3 Å². The topological polar surface area (TPSA) is 104 Å². The number of hydrogen-bond acceptors (Lipinski definition) is 5. The number of aromatic amines is 1. The van der Waals surface area contributed by atoms with Crippen LogP contribution in [0, 0.1) is 6.92 Å². The molecule has 184 valence electrons. The van der Waals surface area contributed by atoms with E-state index in [4.69, 9.17) is 9.72 Å². The van der Waals surface area contributed by atoms with Gasteiger partial charge < -0.3 is 19.9 Å². The molecule has 1 saturated heterocycles. The van der Waals surface area contributed by atoms with Gasteiger partial charge in [0.1, 0.15) is 0 Å². The molecule has 0 radical (unpaired) electrons. The Hall–Kier alpha value is -3.52. The molecule has 0 unspecified atom stereocenters. The number of amides is 2. The summed E-state index contributed by atoms with van der Waals surface area (Å²) in [6, 6.07) is 12.4. The Morgan fingerprint density at radius 3 is 2.66 bits per heavy atom. The molecule has 0 spiro atoms. The van der Waals surface area contributed by atoms with Crippen molar-refractivity contribution in [1.82, 2.24) is 20.2 Å². The number of pyridine rings is 2. The number of ether oxygens (including phenoxy) is 1. The maximum absolute atomic E-state index is 13.3. The van der Waals surface area contributed by atoms with Crippen molar-refractivity contribution in [2.45, 2.75) is 39.0 Å². The van der Waals surface area contributed by atoms with Crippen LogP contribution in [0.3, 0.4) is 0 Å². The first-order chi connectivity index (χ1) is 17.0. The minimum Gasteiger partial charge on any atom is -0.380 e. The number of piperidine rings is 1. The van der Waals surface area contributed by atoms with E-state index in [-0.39, 0.29) is 23.3 Å². The molecule has 1 aromatic carbocycles. The lowest BCUT2D eigenvalue weighted by Crippen LogP contribution is -2.39. The number of para-hydroxylation sites is 1. The first kappa shape index (κ1) is 24.6. The van der Waals surface area contributed by atoms with Crippen LogP contribution in [-0.4, -0.2) is 59.5 Å². The highest BCUT2D eigenvalue weighted by molar-refractivity contribution is 6.06. The fraction of sp³-hybridized carbons (Fsp3) is 0.407. The van der Waals surface area contributed by atoms with Gasteiger partial charge in [-0.15, -0.1) is 0 Å². The van der Waals surface area contributed by atoms with Gasteiger partial charge in [-0.25, -0.2) is 0 Å². The van der Waals surface area contributed by atoms with Gasteiger partial charge in [0.25, 0.3) is 11.8 Å². The van der Waals surface area contributed by atoms with Crippen LogP contribution in [0.25, 0.3) is 10.9 Å². The third-order valence-electron chi connectivity index (χ3n) is 6.34. The smallest absolute Gasteiger partial charge is 0.254 e. The van der Waals surface area contributed by atoms with Crippen LogP contribution in [0.5, 0.6) is 0 Å². The van der Waals surface area contributed by atoms with Gasteiger partial charge >= 0.3 is 0 Å². The second-order valence-electron chi connectivity index (χ2n) is 8.91. The number of hydrogen-bond donors (Lipinski definition) is 2. The van der Waals surface area contributed by atoms with Gasteiger partial charge in [-0.05, 0) is 44.4 Å². The Kier molecular flexibility index (Phi) is 7.92. The van der Waals surface area contributed by atoms with Crippen molar-refractivity contribution in [2.75, 3.05) is 32.8 Å². The number of aromatic nitrogens is 2. The molecule has 35 heavy (non-hydrogen) atoms. The normalized spacial score (nSPS) is 14.3. The van der Waals surface area contributed by atoms with Crippen LogP contribution in [0.15, 0.2) is 47.3 Å². The van der Waals surface area contributed by atoms with E-state index in [2.05, 4.69) is 10.3 Å². The van der Waals surface area contributed by atoms with Gasteiger partial charge in [0.15, 0.2) is 0 Å². The molecule has 0 aliphatic carbocycles. The van der Waals surface area contributed by atoms with Crippen LogP contribution in [0.2, 0.25) is 0 Å². The molecule has 1 aliphatic rings. The number of carbonyl (C=O) groups excluding carboxylic acids is 2. The number of carbonyl (C=O) groups is 2. The van der Waals surface area contributed by atoms with Gasteiger partial charge in [0.05, 0.1) is 23.4 Å². The predicted molar refractivity (Wildman–Crippen MR) is 135 cm³/mol. The highest BCUT2D eigenvalue weighted by atomic mass is 16.5. The van der Waals surface area contributed by atoms with Gasteiger partial charge in [-0.1, -0.05) is 25.1 Å². The summed E-state index contributed by atoms with van der Waals surface area (Å²) in [4.78, 5) is 47.6. The molecule has 8 heteroatoms. The Balaban J connectivity index is 1.45. The maximum Gasteiger partial charge on any atom is 0.254 e. The van der Waals surface area contributed by atoms with E-state index in [1.807, 2.05) is 44.2 Å². The van der Waals surface area contributed by atoms with Gasteiger partial charge in [-0.2, -0.15) is 0 Å². The van der Waals surface area contributed by atoms with E-state index >= 15 is 0 Å². The minimum atomic E-state index is -0.290. The molecule has 2 N–H and O–H groups in total. The van der Waals surface area contributed by atoms with Crippen molar-refractivity contribution in [1.29, 1.82) is 0 Å². The number of fused-ring (bicyclic) bond motifs is 1. The average molecular weight is 477 g/mol. The molecule has 1 aliphatic heterocycles. The standard InChI is InChI=1S/C27H32N4O4/c1-3-15-35-16-12-28-26(33)21-9-8-18(2)29-25(21)19-10-13-31(14-11-19)27(34)22-17-24(32)30-23-7-5-4-6-20(22)23/h4-9,17,19H,3,10-16H2,1-2H3,(H,28,33)(H,30,32). The van der Waals surface area contributed by atoms with Crippen molar-refractivity contribution in [3.63, 3.8) is 0 Å². The van der Waals surface area contributed by atoms with Gasteiger partial charge in [0.2, 0.25) is 5.56 Å². The number of aryl methyl sites for hydroxylation is 1. The molecule has 3 heterocycles. The SMILES string of the molecule is CCCOCCNC(=O)c1ccc(C)nc1C1CCN(C(=O)c2cc(=O)[nH]c3ccccc23)CC1. The fourth-order valence-corrected chi connectivity index (χ4v) is 4.57. The molecule has 0 saturated carbocycles. The number of benzene rings is 1. The summed E-state index contributed by atoms with van der Waals surface area (Å²) < 4.78 is 5.45. The second kappa shape index (κ2) is 11.3. The van der Waals surface area contributed by atoms with Crippen LogP contribution < -0.4 is 10.9 Å². The third kappa shape index (κ3) is 5.77. The molecule has 8 nitrogen and oxygen atoms in total. The van der Waals surface area contributed by atoms with Crippen LogP contribution in [0.1, 0.15) is 64.2 Å². The minimum absolute atomic E-state index is 0.0759. The molecular formula is C27H32N4O4. The first-order valence-corrected chi connectivity index (χ1v) is 12.2. The number of nitrogens with zero attached hydrogens (tertiary/aromatic N) is 2. The van der Waals surface area contributed by atoms with Crippen LogP contribution >= 0.6 is 0 Å².